The third-order valence-corrected chi connectivity index (χ3v) is 2.58. The number of halogens is 3. The fourth-order valence-electron chi connectivity index (χ4n) is 1.45. The normalized spacial score (nSPS) is 10.7. The van der Waals surface area contributed by atoms with Gasteiger partial charge in [0, 0.05) is 12.1 Å². The molecule has 0 aromatic heterocycles. The van der Waals surface area contributed by atoms with Gasteiger partial charge in [-0.25, -0.2) is 13.2 Å². The number of carbonyl (C=O) groups is 1. The van der Waals surface area contributed by atoms with Crippen LogP contribution < -0.4 is 5.32 Å². The molecule has 1 aromatic rings. The van der Waals surface area contributed by atoms with Gasteiger partial charge in [0.05, 0.1) is 5.56 Å². The van der Waals surface area contributed by atoms with Gasteiger partial charge in [0.1, 0.15) is 5.82 Å². The summed E-state index contributed by atoms with van der Waals surface area (Å²) in [7, 11) is 0. The molecule has 1 rings (SSSR count). The van der Waals surface area contributed by atoms with Crippen molar-refractivity contribution in [2.45, 2.75) is 32.7 Å². The molecule has 0 fully saturated rings. The molecule has 0 aliphatic heterocycles. The van der Waals surface area contributed by atoms with Gasteiger partial charge in [-0.05, 0) is 18.9 Å². The summed E-state index contributed by atoms with van der Waals surface area (Å²) in [5, 5.41) is 2.55. The van der Waals surface area contributed by atoms with Gasteiger partial charge in [0.15, 0.2) is 11.6 Å². The van der Waals surface area contributed by atoms with Gasteiger partial charge in [-0.15, -0.1) is 0 Å². The Morgan fingerprint density at radius 1 is 1.12 bits per heavy atom. The minimum atomic E-state index is -1.30. The number of carbonyl (C=O) groups excluding carboxylic acids is 1. The Hall–Kier alpha value is -1.52. The van der Waals surface area contributed by atoms with Crippen LogP contribution in [0, 0.1) is 17.5 Å². The van der Waals surface area contributed by atoms with Gasteiger partial charge in [0.25, 0.3) is 5.91 Å². The summed E-state index contributed by atoms with van der Waals surface area (Å²) in [6, 6.07) is 0.842. The van der Waals surface area contributed by atoms with Crippen LogP contribution in [0.15, 0.2) is 12.1 Å². The van der Waals surface area contributed by atoms with E-state index in [1.165, 1.54) is 0 Å². The number of hydrogen-bond donors (Lipinski definition) is 1. The Bertz CT molecular complexity index is 416. The lowest BCUT2D eigenvalue weighted by molar-refractivity contribution is 0.0930. The number of amides is 1. The highest BCUT2D eigenvalue weighted by Crippen LogP contribution is 2.14. The van der Waals surface area contributed by atoms with E-state index in [0.29, 0.717) is 25.0 Å². The predicted molar refractivity (Wildman–Crippen MR) is 58.2 cm³/mol. The van der Waals surface area contributed by atoms with Crippen LogP contribution in [0.1, 0.15) is 37.0 Å². The zero-order valence-corrected chi connectivity index (χ0v) is 9.69. The van der Waals surface area contributed by atoms with Crippen LogP contribution >= 0.6 is 0 Å². The third kappa shape index (κ3) is 3.22. The lowest BCUT2D eigenvalue weighted by Crippen LogP contribution is -2.34. The molecule has 0 radical (unpaired) electrons. The second-order valence-electron chi connectivity index (χ2n) is 3.73. The molecule has 2 nitrogen and oxygen atoms in total. The summed E-state index contributed by atoms with van der Waals surface area (Å²) in [6.07, 6.45) is 1.38. The van der Waals surface area contributed by atoms with Crippen molar-refractivity contribution in [3.8, 4) is 0 Å². The second-order valence-corrected chi connectivity index (χ2v) is 3.73. The molecule has 0 bridgehead atoms. The smallest absolute Gasteiger partial charge is 0.254 e. The average molecular weight is 245 g/mol. The summed E-state index contributed by atoms with van der Waals surface area (Å²) in [5.74, 6) is -4.33. The van der Waals surface area contributed by atoms with E-state index in [1.54, 1.807) is 0 Å². The summed E-state index contributed by atoms with van der Waals surface area (Å²) in [4.78, 5) is 11.6. The quantitative estimate of drug-likeness (QED) is 0.812. The number of nitrogens with one attached hydrogen (secondary N) is 1. The largest absolute Gasteiger partial charge is 0.349 e. The Kier molecular flexibility index (Phi) is 4.54. The lowest BCUT2D eigenvalue weighted by atomic mass is 10.1. The van der Waals surface area contributed by atoms with Crippen molar-refractivity contribution in [1.29, 1.82) is 0 Å². The zero-order valence-electron chi connectivity index (χ0n) is 9.69. The van der Waals surface area contributed by atoms with Gasteiger partial charge in [-0.2, -0.15) is 0 Å². The molecule has 0 spiro atoms. The molecule has 0 atom stereocenters. The van der Waals surface area contributed by atoms with E-state index < -0.39 is 28.9 Å². The first-order valence-electron chi connectivity index (χ1n) is 5.45. The molecule has 0 saturated heterocycles. The Labute approximate surface area is 97.8 Å². The van der Waals surface area contributed by atoms with Crippen molar-refractivity contribution in [2.24, 2.45) is 0 Å². The van der Waals surface area contributed by atoms with Gasteiger partial charge < -0.3 is 5.32 Å². The zero-order chi connectivity index (χ0) is 13.0. The van der Waals surface area contributed by atoms with Crippen LogP contribution in [0.5, 0.6) is 0 Å². The van der Waals surface area contributed by atoms with Gasteiger partial charge in [-0.3, -0.25) is 4.79 Å². The predicted octanol–water partition coefficient (Wildman–Crippen LogP) is 3.02. The van der Waals surface area contributed by atoms with Crippen LogP contribution in [0.2, 0.25) is 0 Å². The molecule has 17 heavy (non-hydrogen) atoms. The number of hydrogen-bond acceptors (Lipinski definition) is 1. The van der Waals surface area contributed by atoms with Crippen LogP contribution in [-0.4, -0.2) is 11.9 Å². The monoisotopic (exact) mass is 245 g/mol. The molecular weight excluding hydrogens is 231 g/mol. The van der Waals surface area contributed by atoms with Crippen LogP contribution in [0.4, 0.5) is 13.2 Å². The first-order valence-corrected chi connectivity index (χ1v) is 5.45. The van der Waals surface area contributed by atoms with Crippen molar-refractivity contribution in [1.82, 2.24) is 5.32 Å². The minimum absolute atomic E-state index is 0.102. The van der Waals surface area contributed by atoms with E-state index >= 15 is 0 Å². The van der Waals surface area contributed by atoms with E-state index in [-0.39, 0.29) is 6.04 Å². The van der Waals surface area contributed by atoms with Gasteiger partial charge in [-0.1, -0.05) is 13.8 Å². The Morgan fingerprint density at radius 3 is 2.18 bits per heavy atom. The molecule has 0 aliphatic carbocycles. The third-order valence-electron chi connectivity index (χ3n) is 2.58. The highest BCUT2D eigenvalue weighted by molar-refractivity contribution is 5.94. The highest BCUT2D eigenvalue weighted by Gasteiger charge is 2.17. The van der Waals surface area contributed by atoms with Crippen LogP contribution in [0.25, 0.3) is 0 Å². The molecule has 0 heterocycles. The van der Waals surface area contributed by atoms with Crippen molar-refractivity contribution in [3.63, 3.8) is 0 Å². The Morgan fingerprint density at radius 2 is 1.65 bits per heavy atom. The molecular formula is C12H14F3NO. The second kappa shape index (κ2) is 5.70. The standard InChI is InChI=1S/C12H14F3NO/c1-3-7(4-2)16-12(17)8-5-10(14)11(15)6-9(8)13/h5-7H,3-4H2,1-2H3,(H,16,17). The molecule has 1 aromatic carbocycles. The van der Waals surface area contributed by atoms with Gasteiger partial charge >= 0.3 is 0 Å². The number of rotatable bonds is 4. The maximum Gasteiger partial charge on any atom is 0.254 e. The van der Waals surface area contributed by atoms with Crippen molar-refractivity contribution in [3.05, 3.63) is 35.1 Å². The summed E-state index contributed by atoms with van der Waals surface area (Å²) < 4.78 is 38.8. The van der Waals surface area contributed by atoms with Crippen LogP contribution in [0.3, 0.4) is 0 Å². The summed E-state index contributed by atoms with van der Waals surface area (Å²) in [5.41, 5.74) is -0.476. The molecule has 1 amide bonds. The molecule has 94 valence electrons. The average Bonchev–Trinajstić information content (AvgIpc) is 2.30. The molecule has 0 saturated carbocycles. The van der Waals surface area contributed by atoms with E-state index in [4.69, 9.17) is 0 Å². The lowest BCUT2D eigenvalue weighted by Gasteiger charge is -2.15. The van der Waals surface area contributed by atoms with E-state index in [1.807, 2.05) is 13.8 Å². The summed E-state index contributed by atoms with van der Waals surface area (Å²) in [6.45, 7) is 3.74. The maximum atomic E-state index is 13.3. The first kappa shape index (κ1) is 13.5. The van der Waals surface area contributed by atoms with Crippen molar-refractivity contribution in [2.75, 3.05) is 0 Å². The topological polar surface area (TPSA) is 29.1 Å². The number of benzene rings is 1. The van der Waals surface area contributed by atoms with Crippen molar-refractivity contribution < 1.29 is 18.0 Å². The molecule has 0 unspecified atom stereocenters. The Balaban J connectivity index is 2.93. The van der Waals surface area contributed by atoms with Crippen molar-refractivity contribution >= 4 is 5.91 Å². The maximum absolute atomic E-state index is 13.3. The van der Waals surface area contributed by atoms with Crippen LogP contribution in [-0.2, 0) is 0 Å². The fourth-order valence-corrected chi connectivity index (χ4v) is 1.45. The minimum Gasteiger partial charge on any atom is -0.349 e. The van der Waals surface area contributed by atoms with E-state index in [2.05, 4.69) is 5.32 Å². The molecule has 1 N–H and O–H groups in total. The van der Waals surface area contributed by atoms with Gasteiger partial charge in [0.2, 0.25) is 0 Å². The highest BCUT2D eigenvalue weighted by atomic mass is 19.2. The van der Waals surface area contributed by atoms with E-state index in [9.17, 15) is 18.0 Å². The first-order chi connectivity index (χ1) is 7.99. The fraction of sp³-hybridized carbons (Fsp3) is 0.417. The van der Waals surface area contributed by atoms with E-state index in [0.717, 1.165) is 0 Å². The SMILES string of the molecule is CCC(CC)NC(=O)c1cc(F)c(F)cc1F. The summed E-state index contributed by atoms with van der Waals surface area (Å²) >= 11 is 0. The molecule has 5 heteroatoms. The molecule has 0 aliphatic rings.